The van der Waals surface area contributed by atoms with Crippen molar-refractivity contribution in [1.29, 1.82) is 0 Å². The first-order valence-electron chi connectivity index (χ1n) is 7.53. The molecular weight excluding hydrogens is 336 g/mol. The van der Waals surface area contributed by atoms with Crippen molar-refractivity contribution in [2.24, 2.45) is 0 Å². The van der Waals surface area contributed by atoms with Crippen molar-refractivity contribution in [1.82, 2.24) is 10.2 Å². The molecule has 1 N–H and O–H groups in total. The van der Waals surface area contributed by atoms with Gasteiger partial charge in [0.15, 0.2) is 0 Å². The average molecular weight is 362 g/mol. The highest BCUT2D eigenvalue weighted by molar-refractivity contribution is 9.10. The minimum absolute atomic E-state index is 0.325. The predicted octanol–water partition coefficient (Wildman–Crippen LogP) is 4.88. The van der Waals surface area contributed by atoms with Gasteiger partial charge in [-0.25, -0.2) is 0 Å². The van der Waals surface area contributed by atoms with Gasteiger partial charge in [-0.2, -0.15) is 0 Å². The summed E-state index contributed by atoms with van der Waals surface area (Å²) in [6.45, 7) is 10.9. The largest absolute Gasteiger partial charge is 0.310 e. The second kappa shape index (κ2) is 9.78. The van der Waals surface area contributed by atoms with Crippen LogP contribution in [-0.4, -0.2) is 31.1 Å². The fourth-order valence-corrected chi connectivity index (χ4v) is 3.26. The van der Waals surface area contributed by atoms with Crippen molar-refractivity contribution in [2.75, 3.05) is 26.2 Å². The van der Waals surface area contributed by atoms with E-state index in [0.717, 1.165) is 35.6 Å². The molecule has 0 aliphatic carbocycles. The second-order valence-corrected chi connectivity index (χ2v) is 6.32. The third kappa shape index (κ3) is 5.72. The first kappa shape index (κ1) is 18.0. The van der Waals surface area contributed by atoms with Crippen molar-refractivity contribution in [3.63, 3.8) is 0 Å². The van der Waals surface area contributed by atoms with Crippen LogP contribution >= 0.6 is 27.5 Å². The molecule has 1 aromatic carbocycles. The molecule has 0 spiro atoms. The number of hydrogen-bond acceptors (Lipinski definition) is 2. The highest BCUT2D eigenvalue weighted by atomic mass is 79.9. The maximum absolute atomic E-state index is 6.39. The van der Waals surface area contributed by atoms with Crippen LogP contribution in [0.15, 0.2) is 22.7 Å². The van der Waals surface area contributed by atoms with Gasteiger partial charge in [0.1, 0.15) is 0 Å². The lowest BCUT2D eigenvalue weighted by atomic mass is 10.0. The Balaban J connectivity index is 2.72. The van der Waals surface area contributed by atoms with Gasteiger partial charge in [0.05, 0.1) is 0 Å². The molecule has 0 aromatic heterocycles. The van der Waals surface area contributed by atoms with E-state index in [2.05, 4.69) is 59.1 Å². The molecule has 1 atom stereocenters. The van der Waals surface area contributed by atoms with E-state index in [1.54, 1.807) is 0 Å². The van der Waals surface area contributed by atoms with Crippen molar-refractivity contribution < 1.29 is 0 Å². The van der Waals surface area contributed by atoms with E-state index in [-0.39, 0.29) is 0 Å². The summed E-state index contributed by atoms with van der Waals surface area (Å²) in [5.74, 6) is 0. The van der Waals surface area contributed by atoms with Crippen molar-refractivity contribution in [3.8, 4) is 0 Å². The van der Waals surface area contributed by atoms with Crippen LogP contribution in [-0.2, 0) is 0 Å². The zero-order chi connectivity index (χ0) is 15.0. The molecule has 1 rings (SSSR count). The third-order valence-corrected chi connectivity index (χ3v) is 4.33. The summed E-state index contributed by atoms with van der Waals surface area (Å²) in [7, 11) is 0. The molecule has 0 aliphatic rings. The van der Waals surface area contributed by atoms with Gasteiger partial charge in [-0.3, -0.25) is 0 Å². The smallest absolute Gasteiger partial charge is 0.0465 e. The van der Waals surface area contributed by atoms with E-state index in [1.165, 1.54) is 18.5 Å². The Bertz CT molecular complexity index is 398. The highest BCUT2D eigenvalue weighted by Crippen LogP contribution is 2.28. The summed E-state index contributed by atoms with van der Waals surface area (Å²) in [5.41, 5.74) is 1.20. The molecule has 0 bridgehead atoms. The van der Waals surface area contributed by atoms with Crippen LogP contribution in [0.3, 0.4) is 0 Å². The number of hydrogen-bond donors (Lipinski definition) is 1. The van der Waals surface area contributed by atoms with Crippen LogP contribution in [0.1, 0.15) is 45.2 Å². The summed E-state index contributed by atoms with van der Waals surface area (Å²) >= 11 is 9.85. The monoisotopic (exact) mass is 360 g/mol. The molecule has 4 heteroatoms. The van der Waals surface area contributed by atoms with E-state index < -0.39 is 0 Å². The fraction of sp³-hybridized carbons (Fsp3) is 0.625. The molecule has 0 saturated carbocycles. The third-order valence-electron chi connectivity index (χ3n) is 3.51. The number of nitrogens with one attached hydrogen (secondary N) is 1. The minimum Gasteiger partial charge on any atom is -0.310 e. The highest BCUT2D eigenvalue weighted by Gasteiger charge is 2.15. The number of halogens is 2. The first-order valence-corrected chi connectivity index (χ1v) is 8.70. The molecule has 0 aliphatic heterocycles. The Morgan fingerprint density at radius 2 is 2.00 bits per heavy atom. The van der Waals surface area contributed by atoms with E-state index in [1.807, 2.05) is 6.07 Å². The van der Waals surface area contributed by atoms with Gasteiger partial charge in [-0.1, -0.05) is 54.4 Å². The van der Waals surface area contributed by atoms with E-state index in [4.69, 9.17) is 11.6 Å². The Kier molecular flexibility index (Phi) is 8.78. The molecule has 0 amide bonds. The van der Waals surface area contributed by atoms with Gasteiger partial charge in [0, 0.05) is 15.5 Å². The molecule has 2 nitrogen and oxygen atoms in total. The summed E-state index contributed by atoms with van der Waals surface area (Å²) in [5, 5.41) is 4.39. The number of benzene rings is 1. The van der Waals surface area contributed by atoms with E-state index >= 15 is 0 Å². The molecule has 0 heterocycles. The summed E-state index contributed by atoms with van der Waals surface area (Å²) in [6.07, 6.45) is 2.29. The topological polar surface area (TPSA) is 15.3 Å². The van der Waals surface area contributed by atoms with Crippen LogP contribution < -0.4 is 5.32 Å². The van der Waals surface area contributed by atoms with Crippen LogP contribution in [0.4, 0.5) is 0 Å². The Morgan fingerprint density at radius 3 is 2.55 bits per heavy atom. The Hall–Kier alpha value is -0.0900. The standard InChI is InChI=1S/C16H26BrClN2/c1-4-10-20(6-3)11-9-16(19-5-2)14-8-7-13(17)12-15(14)18/h7-8,12,16,19H,4-6,9-11H2,1-3H3. The van der Waals surface area contributed by atoms with Crippen molar-refractivity contribution in [2.45, 2.75) is 39.7 Å². The summed E-state index contributed by atoms with van der Waals surface area (Å²) in [4.78, 5) is 2.50. The fourth-order valence-electron chi connectivity index (χ4n) is 2.45. The zero-order valence-electron chi connectivity index (χ0n) is 12.8. The lowest BCUT2D eigenvalue weighted by Crippen LogP contribution is -2.30. The first-order chi connectivity index (χ1) is 9.62. The molecule has 1 aromatic rings. The number of rotatable bonds is 9. The van der Waals surface area contributed by atoms with Gasteiger partial charge >= 0.3 is 0 Å². The van der Waals surface area contributed by atoms with Gasteiger partial charge in [-0.05, 0) is 56.7 Å². The van der Waals surface area contributed by atoms with Crippen LogP contribution in [0, 0.1) is 0 Å². The molecule has 0 saturated heterocycles. The maximum atomic E-state index is 6.39. The maximum Gasteiger partial charge on any atom is 0.0465 e. The van der Waals surface area contributed by atoms with E-state index in [9.17, 15) is 0 Å². The van der Waals surface area contributed by atoms with Gasteiger partial charge < -0.3 is 10.2 Å². The predicted molar refractivity (Wildman–Crippen MR) is 92.6 cm³/mol. The average Bonchev–Trinajstić information content (AvgIpc) is 2.42. The molecular formula is C16H26BrClN2. The molecule has 114 valence electrons. The van der Waals surface area contributed by atoms with E-state index in [0.29, 0.717) is 6.04 Å². The van der Waals surface area contributed by atoms with Gasteiger partial charge in [0.2, 0.25) is 0 Å². The summed E-state index contributed by atoms with van der Waals surface area (Å²) in [6, 6.07) is 6.49. The van der Waals surface area contributed by atoms with Crippen LogP contribution in [0.2, 0.25) is 5.02 Å². The molecule has 1 unspecified atom stereocenters. The van der Waals surface area contributed by atoms with Crippen LogP contribution in [0.25, 0.3) is 0 Å². The zero-order valence-corrected chi connectivity index (χ0v) is 15.1. The minimum atomic E-state index is 0.325. The molecule has 0 fully saturated rings. The Labute approximate surface area is 137 Å². The second-order valence-electron chi connectivity index (χ2n) is 5.00. The van der Waals surface area contributed by atoms with Crippen molar-refractivity contribution >= 4 is 27.5 Å². The van der Waals surface area contributed by atoms with Crippen LogP contribution in [0.5, 0.6) is 0 Å². The SMILES string of the molecule is CCCN(CC)CCC(NCC)c1ccc(Br)cc1Cl. The molecule has 0 radical (unpaired) electrons. The van der Waals surface area contributed by atoms with Gasteiger partial charge in [0.25, 0.3) is 0 Å². The number of nitrogens with zero attached hydrogens (tertiary/aromatic N) is 1. The normalized spacial score (nSPS) is 12.9. The lowest BCUT2D eigenvalue weighted by molar-refractivity contribution is 0.270. The van der Waals surface area contributed by atoms with Crippen molar-refractivity contribution in [3.05, 3.63) is 33.3 Å². The quantitative estimate of drug-likeness (QED) is 0.674. The Morgan fingerprint density at radius 1 is 1.25 bits per heavy atom. The molecule has 20 heavy (non-hydrogen) atoms. The lowest BCUT2D eigenvalue weighted by Gasteiger charge is -2.25. The summed E-state index contributed by atoms with van der Waals surface area (Å²) < 4.78 is 1.03. The van der Waals surface area contributed by atoms with Gasteiger partial charge in [-0.15, -0.1) is 0 Å².